The van der Waals surface area contributed by atoms with Gasteiger partial charge in [0.1, 0.15) is 5.75 Å². The minimum absolute atomic E-state index is 0.0580. The van der Waals surface area contributed by atoms with E-state index in [4.69, 9.17) is 27.9 Å². The molecule has 0 aliphatic carbocycles. The molecule has 0 aliphatic rings. The van der Waals surface area contributed by atoms with Crippen LogP contribution in [0.3, 0.4) is 0 Å². The van der Waals surface area contributed by atoms with Gasteiger partial charge < -0.3 is 10.1 Å². The Kier molecular flexibility index (Phi) is 9.16. The maximum atomic E-state index is 11.8. The first kappa shape index (κ1) is 20.9. The van der Waals surface area contributed by atoms with Crippen molar-refractivity contribution in [2.45, 2.75) is 25.5 Å². The molecule has 0 aliphatic heterocycles. The zero-order valence-electron chi connectivity index (χ0n) is 14.8. The number of hydrogen-bond acceptors (Lipinski definition) is 3. The van der Waals surface area contributed by atoms with Gasteiger partial charge in [-0.25, -0.2) is 0 Å². The van der Waals surface area contributed by atoms with Crippen LogP contribution in [0, 0.1) is 6.92 Å². The smallest absolute Gasteiger partial charge is 0.220 e. The number of carbonyl (C=O) groups is 1. The van der Waals surface area contributed by atoms with Gasteiger partial charge in [0.15, 0.2) is 0 Å². The van der Waals surface area contributed by atoms with Crippen LogP contribution in [0.5, 0.6) is 5.75 Å². The lowest BCUT2D eigenvalue weighted by Gasteiger charge is -2.08. The van der Waals surface area contributed by atoms with Crippen molar-refractivity contribution in [1.29, 1.82) is 0 Å². The van der Waals surface area contributed by atoms with Gasteiger partial charge in [0.2, 0.25) is 5.91 Å². The number of nitrogens with one attached hydrogen (secondary N) is 1. The van der Waals surface area contributed by atoms with Gasteiger partial charge in [-0.05, 0) is 43.2 Å². The monoisotopic (exact) mass is 411 g/mol. The number of hydrogen-bond donors (Lipinski definition) is 1. The highest BCUT2D eigenvalue weighted by Crippen LogP contribution is 2.24. The number of thioether (sulfide) groups is 1. The Bertz CT molecular complexity index is 707. The summed E-state index contributed by atoms with van der Waals surface area (Å²) in [4.78, 5) is 11.8. The summed E-state index contributed by atoms with van der Waals surface area (Å²) in [5.74, 6) is 2.54. The van der Waals surface area contributed by atoms with Crippen LogP contribution < -0.4 is 10.1 Å². The number of ether oxygens (including phenoxy) is 1. The molecule has 0 bridgehead atoms. The molecule has 2 rings (SSSR count). The Morgan fingerprint density at radius 3 is 2.65 bits per heavy atom. The quantitative estimate of drug-likeness (QED) is 0.523. The van der Waals surface area contributed by atoms with Crippen LogP contribution in [0.15, 0.2) is 42.5 Å². The van der Waals surface area contributed by atoms with Crippen molar-refractivity contribution >= 4 is 40.9 Å². The second kappa shape index (κ2) is 11.4. The number of aryl methyl sites for hydroxylation is 1. The molecule has 6 heteroatoms. The number of benzene rings is 2. The van der Waals surface area contributed by atoms with Crippen molar-refractivity contribution < 1.29 is 9.53 Å². The molecule has 0 saturated heterocycles. The summed E-state index contributed by atoms with van der Waals surface area (Å²) in [5.41, 5.74) is 2.26. The zero-order valence-corrected chi connectivity index (χ0v) is 17.1. The third kappa shape index (κ3) is 7.90. The van der Waals surface area contributed by atoms with Crippen LogP contribution in [-0.2, 0) is 10.5 Å². The summed E-state index contributed by atoms with van der Waals surface area (Å²) in [6, 6.07) is 13.4. The van der Waals surface area contributed by atoms with Crippen LogP contribution in [0.4, 0.5) is 0 Å². The van der Waals surface area contributed by atoms with Gasteiger partial charge in [0.25, 0.3) is 0 Å². The average molecular weight is 412 g/mol. The molecule has 0 aromatic heterocycles. The van der Waals surface area contributed by atoms with Crippen molar-refractivity contribution in [2.75, 3.05) is 18.9 Å². The third-order valence-corrected chi connectivity index (χ3v) is 5.27. The number of carbonyl (C=O) groups excluding carboxylic acids is 1. The van der Waals surface area contributed by atoms with E-state index in [2.05, 4.69) is 5.32 Å². The molecule has 0 unspecified atom stereocenters. The van der Waals surface area contributed by atoms with Crippen LogP contribution in [0.25, 0.3) is 0 Å². The van der Waals surface area contributed by atoms with Gasteiger partial charge in [0.05, 0.1) is 6.61 Å². The van der Waals surface area contributed by atoms with E-state index >= 15 is 0 Å². The Balaban J connectivity index is 1.51. The van der Waals surface area contributed by atoms with Crippen LogP contribution in [-0.4, -0.2) is 24.8 Å². The maximum Gasteiger partial charge on any atom is 0.220 e. The Morgan fingerprint density at radius 2 is 1.92 bits per heavy atom. The van der Waals surface area contributed by atoms with Crippen LogP contribution >= 0.6 is 35.0 Å². The summed E-state index contributed by atoms with van der Waals surface area (Å²) in [5, 5.41) is 4.25. The molecule has 1 amide bonds. The lowest BCUT2D eigenvalue weighted by molar-refractivity contribution is -0.121. The predicted molar refractivity (Wildman–Crippen MR) is 112 cm³/mol. The highest BCUT2D eigenvalue weighted by molar-refractivity contribution is 7.98. The van der Waals surface area contributed by atoms with Gasteiger partial charge in [-0.3, -0.25) is 4.79 Å². The molecule has 0 saturated carbocycles. The molecule has 26 heavy (non-hydrogen) atoms. The Hall–Kier alpha value is -1.36. The molecule has 0 fully saturated rings. The van der Waals surface area contributed by atoms with E-state index in [1.54, 1.807) is 17.8 Å². The van der Waals surface area contributed by atoms with Crippen LogP contribution in [0.2, 0.25) is 10.0 Å². The molecule has 2 aromatic carbocycles. The molecule has 0 heterocycles. The Labute approximate surface area is 169 Å². The first-order valence-electron chi connectivity index (χ1n) is 8.52. The summed E-state index contributed by atoms with van der Waals surface area (Å²) in [6.45, 7) is 3.23. The fourth-order valence-corrected chi connectivity index (χ4v) is 3.65. The summed E-state index contributed by atoms with van der Waals surface area (Å²) in [7, 11) is 0. The van der Waals surface area contributed by atoms with Crippen molar-refractivity contribution in [3.63, 3.8) is 0 Å². The minimum atomic E-state index is 0.0580. The van der Waals surface area contributed by atoms with Crippen molar-refractivity contribution in [1.82, 2.24) is 5.32 Å². The van der Waals surface area contributed by atoms with Crippen molar-refractivity contribution in [2.24, 2.45) is 0 Å². The second-order valence-electron chi connectivity index (χ2n) is 5.90. The molecule has 140 valence electrons. The van der Waals surface area contributed by atoms with E-state index in [0.717, 1.165) is 22.8 Å². The lowest BCUT2D eigenvalue weighted by atomic mass is 10.2. The maximum absolute atomic E-state index is 11.8. The summed E-state index contributed by atoms with van der Waals surface area (Å²) < 4.78 is 5.62. The zero-order chi connectivity index (χ0) is 18.8. The van der Waals surface area contributed by atoms with E-state index in [9.17, 15) is 4.79 Å². The van der Waals surface area contributed by atoms with Crippen molar-refractivity contribution in [3.05, 3.63) is 63.6 Å². The van der Waals surface area contributed by atoms with Crippen molar-refractivity contribution in [3.8, 4) is 5.75 Å². The minimum Gasteiger partial charge on any atom is -0.494 e. The van der Waals surface area contributed by atoms with Gasteiger partial charge in [-0.15, -0.1) is 0 Å². The molecular formula is C20H23Cl2NO2S. The second-order valence-corrected chi connectivity index (χ2v) is 7.85. The van der Waals surface area contributed by atoms with Gasteiger partial charge in [0, 0.05) is 34.5 Å². The van der Waals surface area contributed by atoms with Gasteiger partial charge >= 0.3 is 0 Å². The summed E-state index contributed by atoms with van der Waals surface area (Å²) in [6.07, 6.45) is 1.17. The topological polar surface area (TPSA) is 38.3 Å². The predicted octanol–water partition coefficient (Wildman–Crippen LogP) is 5.51. The highest BCUT2D eigenvalue weighted by Gasteiger charge is 2.03. The summed E-state index contributed by atoms with van der Waals surface area (Å²) >= 11 is 13.7. The lowest BCUT2D eigenvalue weighted by Crippen LogP contribution is -2.25. The standard InChI is InChI=1S/C20H23Cl2NO2S/c1-15-4-8-18(9-5-15)25-11-2-3-20(24)23-10-12-26-14-16-6-7-17(21)13-19(16)22/h4-9,13H,2-3,10-12,14H2,1H3,(H,23,24). The van der Waals surface area contributed by atoms with Crippen LogP contribution in [0.1, 0.15) is 24.0 Å². The van der Waals surface area contributed by atoms with E-state index in [1.807, 2.05) is 43.3 Å². The first-order chi connectivity index (χ1) is 12.5. The first-order valence-corrected chi connectivity index (χ1v) is 10.4. The molecule has 0 spiro atoms. The molecule has 0 atom stereocenters. The molecular weight excluding hydrogens is 389 g/mol. The average Bonchev–Trinajstić information content (AvgIpc) is 2.61. The fourth-order valence-electron chi connectivity index (χ4n) is 2.23. The van der Waals surface area contributed by atoms with Gasteiger partial charge in [-0.2, -0.15) is 11.8 Å². The fraction of sp³-hybridized carbons (Fsp3) is 0.350. The number of rotatable bonds is 10. The molecule has 2 aromatic rings. The Morgan fingerprint density at radius 1 is 1.15 bits per heavy atom. The third-order valence-electron chi connectivity index (χ3n) is 3.68. The largest absolute Gasteiger partial charge is 0.494 e. The van der Waals surface area contributed by atoms with Gasteiger partial charge in [-0.1, -0.05) is 47.0 Å². The highest BCUT2D eigenvalue weighted by atomic mass is 35.5. The number of amides is 1. The van der Waals surface area contributed by atoms with E-state index in [1.165, 1.54) is 5.56 Å². The number of halogens is 2. The van der Waals surface area contributed by atoms with E-state index in [-0.39, 0.29) is 5.91 Å². The molecule has 1 N–H and O–H groups in total. The SMILES string of the molecule is Cc1ccc(OCCCC(=O)NCCSCc2ccc(Cl)cc2Cl)cc1. The molecule has 0 radical (unpaired) electrons. The van der Waals surface area contributed by atoms with E-state index in [0.29, 0.717) is 36.0 Å². The molecule has 3 nitrogen and oxygen atoms in total. The normalized spacial score (nSPS) is 10.6. The van der Waals surface area contributed by atoms with E-state index < -0.39 is 0 Å².